The normalized spacial score (nSPS) is 13.1. The second-order valence-electron chi connectivity index (χ2n) is 22.8. The Kier molecular flexibility index (Phi) is 10.1. The lowest BCUT2D eigenvalue weighted by molar-refractivity contribution is 0.590. The molecule has 2 aliphatic rings. The van der Waals surface area contributed by atoms with Crippen molar-refractivity contribution in [1.82, 2.24) is 4.98 Å². The molecule has 0 bridgehead atoms. The molecule has 75 heavy (non-hydrogen) atoms. The van der Waals surface area contributed by atoms with Crippen molar-refractivity contribution in [1.29, 1.82) is 0 Å². The number of rotatable bonds is 5. The SMILES string of the molecule is CC(C)(C)c1ccc(N2c3cc(-c4cc(-c5ccccc5)nc(-c5ccccc5)c4)cc4c3B(c3ccc5c(ccc6ccccc65)c32)c2ccc3c(ccc5ccccc53)c2N4c2ccc(C(C)(C)C)cc2)cc1. The summed E-state index contributed by atoms with van der Waals surface area (Å²) in [5.41, 5.74) is 19.8. The molecule has 2 aliphatic heterocycles. The lowest BCUT2D eigenvalue weighted by atomic mass is 9.33. The van der Waals surface area contributed by atoms with Crippen molar-refractivity contribution in [2.75, 3.05) is 9.80 Å². The Bertz CT molecular complexity index is 3980. The van der Waals surface area contributed by atoms with Gasteiger partial charge in [0.05, 0.1) is 11.4 Å². The Morgan fingerprint density at radius 1 is 0.333 bits per heavy atom. The molecule has 0 saturated carbocycles. The second-order valence-corrected chi connectivity index (χ2v) is 22.8. The van der Waals surface area contributed by atoms with E-state index in [0.717, 1.165) is 45.0 Å². The van der Waals surface area contributed by atoms with E-state index in [0.29, 0.717) is 0 Å². The molecule has 0 radical (unpaired) electrons. The van der Waals surface area contributed by atoms with Crippen LogP contribution in [0, 0.1) is 0 Å². The Morgan fingerprint density at radius 2 is 0.720 bits per heavy atom. The molecule has 0 saturated heterocycles. The number of benzene rings is 11. The minimum atomic E-state index is -0.0896. The van der Waals surface area contributed by atoms with Crippen LogP contribution in [0.15, 0.2) is 231 Å². The highest BCUT2D eigenvalue weighted by Gasteiger charge is 2.45. The van der Waals surface area contributed by atoms with E-state index in [1.807, 2.05) is 0 Å². The molecule has 358 valence electrons. The van der Waals surface area contributed by atoms with E-state index in [1.54, 1.807) is 0 Å². The van der Waals surface area contributed by atoms with E-state index in [4.69, 9.17) is 4.98 Å². The second kappa shape index (κ2) is 16.9. The largest absolute Gasteiger partial charge is 0.311 e. The van der Waals surface area contributed by atoms with Crippen LogP contribution in [0.1, 0.15) is 52.7 Å². The summed E-state index contributed by atoms with van der Waals surface area (Å²) in [4.78, 5) is 10.6. The predicted molar refractivity (Wildman–Crippen MR) is 322 cm³/mol. The molecule has 12 aromatic rings. The quantitative estimate of drug-likeness (QED) is 0.127. The number of aromatic nitrogens is 1. The lowest BCUT2D eigenvalue weighted by Gasteiger charge is -2.45. The highest BCUT2D eigenvalue weighted by Crippen LogP contribution is 2.50. The van der Waals surface area contributed by atoms with Crippen molar-refractivity contribution < 1.29 is 0 Å². The van der Waals surface area contributed by atoms with Gasteiger partial charge >= 0.3 is 0 Å². The molecule has 0 aliphatic carbocycles. The van der Waals surface area contributed by atoms with E-state index in [-0.39, 0.29) is 17.5 Å². The summed E-state index contributed by atoms with van der Waals surface area (Å²) in [5, 5.41) is 9.96. The smallest absolute Gasteiger partial charge is 0.252 e. The van der Waals surface area contributed by atoms with Crippen LogP contribution in [0.2, 0.25) is 0 Å². The van der Waals surface area contributed by atoms with Crippen LogP contribution in [-0.2, 0) is 10.8 Å². The third-order valence-corrected chi connectivity index (χ3v) is 16.1. The van der Waals surface area contributed by atoms with Gasteiger partial charge in [0.15, 0.2) is 0 Å². The minimum absolute atomic E-state index is 0.0107. The highest BCUT2D eigenvalue weighted by molar-refractivity contribution is 7.00. The van der Waals surface area contributed by atoms with E-state index >= 15 is 0 Å². The Morgan fingerprint density at radius 3 is 1.15 bits per heavy atom. The molecule has 0 atom stereocenters. The molecule has 14 rings (SSSR count). The zero-order valence-corrected chi connectivity index (χ0v) is 43.4. The van der Waals surface area contributed by atoms with Crippen molar-refractivity contribution in [2.45, 2.75) is 52.4 Å². The van der Waals surface area contributed by atoms with Crippen molar-refractivity contribution in [2.24, 2.45) is 0 Å². The lowest BCUT2D eigenvalue weighted by Crippen LogP contribution is -2.61. The van der Waals surface area contributed by atoms with Gasteiger partial charge in [-0.2, -0.15) is 0 Å². The van der Waals surface area contributed by atoms with Crippen LogP contribution in [-0.4, -0.2) is 11.7 Å². The van der Waals surface area contributed by atoms with E-state index < -0.39 is 0 Å². The van der Waals surface area contributed by atoms with Gasteiger partial charge in [-0.1, -0.05) is 224 Å². The molecular weight excluding hydrogens is 906 g/mol. The number of hydrogen-bond donors (Lipinski definition) is 0. The standard InChI is InChI=1S/C71H56BN3/c1-70(2,3)51-27-31-53(32-28-51)74-65-43-50(49-41-63(47-19-9-7-10-20-47)73-64(42-49)48-21-11-8-12-22-48)44-66-67(65)72(61-39-37-57-55-23-15-13-17-45(55)25-35-59(57)68(61)74)62-40-38-58-56-24-16-14-18-46(56)26-36-60(58)69(62)75(66)54-33-29-52(30-34-54)71(4,5)6/h7-44H,1-6H3. The first kappa shape index (κ1) is 44.9. The number of pyridine rings is 1. The van der Waals surface area contributed by atoms with Crippen LogP contribution in [0.5, 0.6) is 0 Å². The maximum Gasteiger partial charge on any atom is 0.252 e. The summed E-state index contributed by atoms with van der Waals surface area (Å²) in [7, 11) is 0. The van der Waals surface area contributed by atoms with Crippen molar-refractivity contribution in [3.63, 3.8) is 0 Å². The number of anilines is 6. The monoisotopic (exact) mass is 961 g/mol. The Balaban J connectivity index is 1.15. The van der Waals surface area contributed by atoms with Crippen LogP contribution in [0.25, 0.3) is 76.7 Å². The molecule has 0 amide bonds. The highest BCUT2D eigenvalue weighted by atomic mass is 15.2. The minimum Gasteiger partial charge on any atom is -0.311 e. The third-order valence-electron chi connectivity index (χ3n) is 16.1. The number of fused-ring (bicyclic) bond motifs is 12. The van der Waals surface area contributed by atoms with Crippen molar-refractivity contribution >= 4 is 100 Å². The maximum atomic E-state index is 5.39. The van der Waals surface area contributed by atoms with E-state index in [1.165, 1.54) is 93.4 Å². The van der Waals surface area contributed by atoms with E-state index in [9.17, 15) is 0 Å². The Hall–Kier alpha value is -8.73. The molecule has 1 aromatic heterocycles. The van der Waals surface area contributed by atoms with Gasteiger partial charge in [-0.05, 0) is 130 Å². The molecule has 4 heteroatoms. The first-order valence-corrected chi connectivity index (χ1v) is 26.5. The van der Waals surface area contributed by atoms with Gasteiger partial charge in [-0.3, -0.25) is 0 Å². The summed E-state index contributed by atoms with van der Waals surface area (Å²) in [5.74, 6) is 0. The fourth-order valence-corrected chi connectivity index (χ4v) is 12.3. The molecular formula is C71H56BN3. The number of nitrogens with zero attached hydrogens (tertiary/aromatic N) is 3. The van der Waals surface area contributed by atoms with Crippen LogP contribution >= 0.6 is 0 Å². The molecule has 3 heterocycles. The summed E-state index contributed by atoms with van der Waals surface area (Å²) in [6.45, 7) is 13.7. The number of hydrogen-bond acceptors (Lipinski definition) is 3. The van der Waals surface area contributed by atoms with Gasteiger partial charge in [0.25, 0.3) is 6.71 Å². The fraction of sp³-hybridized carbons (Fsp3) is 0.113. The van der Waals surface area contributed by atoms with Gasteiger partial charge < -0.3 is 9.80 Å². The third kappa shape index (κ3) is 7.29. The Labute approximate surface area is 440 Å². The van der Waals surface area contributed by atoms with Crippen molar-refractivity contribution in [3.05, 3.63) is 242 Å². The zero-order chi connectivity index (χ0) is 50.7. The first-order chi connectivity index (χ1) is 36.5. The van der Waals surface area contributed by atoms with Crippen molar-refractivity contribution in [3.8, 4) is 33.6 Å². The van der Waals surface area contributed by atoms with Gasteiger partial charge in [0.2, 0.25) is 0 Å². The molecule has 3 nitrogen and oxygen atoms in total. The van der Waals surface area contributed by atoms with Gasteiger partial charge in [-0.25, -0.2) is 4.98 Å². The van der Waals surface area contributed by atoms with Crippen LogP contribution in [0.4, 0.5) is 34.1 Å². The molecule has 0 N–H and O–H groups in total. The zero-order valence-electron chi connectivity index (χ0n) is 43.4. The van der Waals surface area contributed by atoms with Crippen LogP contribution < -0.4 is 26.2 Å². The molecule has 0 fully saturated rings. The molecule has 0 unspecified atom stereocenters. The maximum absolute atomic E-state index is 5.39. The summed E-state index contributed by atoms with van der Waals surface area (Å²) in [6, 6.07) is 86.4. The summed E-state index contributed by atoms with van der Waals surface area (Å²) >= 11 is 0. The molecule has 11 aromatic carbocycles. The topological polar surface area (TPSA) is 19.4 Å². The molecule has 0 spiro atoms. The average Bonchev–Trinajstić information content (AvgIpc) is 3.50. The van der Waals surface area contributed by atoms with E-state index in [2.05, 4.69) is 282 Å². The predicted octanol–water partition coefficient (Wildman–Crippen LogP) is 17.4. The fourth-order valence-electron chi connectivity index (χ4n) is 12.3. The van der Waals surface area contributed by atoms with Gasteiger partial charge in [0, 0.05) is 56.0 Å². The summed E-state index contributed by atoms with van der Waals surface area (Å²) in [6.07, 6.45) is 0. The van der Waals surface area contributed by atoms with Gasteiger partial charge in [-0.15, -0.1) is 0 Å². The van der Waals surface area contributed by atoms with Crippen LogP contribution in [0.3, 0.4) is 0 Å². The van der Waals surface area contributed by atoms with Gasteiger partial charge in [0.1, 0.15) is 0 Å². The summed E-state index contributed by atoms with van der Waals surface area (Å²) < 4.78 is 0. The average molecular weight is 962 g/mol. The first-order valence-electron chi connectivity index (χ1n) is 26.5.